The first-order valence-corrected chi connectivity index (χ1v) is 6.20. The van der Waals surface area contributed by atoms with Gasteiger partial charge in [-0.3, -0.25) is 0 Å². The molecule has 0 spiro atoms. The summed E-state index contributed by atoms with van der Waals surface area (Å²) in [5, 5.41) is 0. The smallest absolute Gasteiger partial charge is 0.126 e. The van der Waals surface area contributed by atoms with Crippen LogP contribution in [0.1, 0.15) is 57.2 Å². The molecule has 1 aromatic carbocycles. The average molecular weight is 218 g/mol. The topological polar surface area (TPSA) is 9.23 Å². The van der Waals surface area contributed by atoms with Crippen LogP contribution in [0.25, 0.3) is 0 Å². The fourth-order valence-corrected chi connectivity index (χ4v) is 2.48. The Morgan fingerprint density at radius 3 is 2.44 bits per heavy atom. The lowest BCUT2D eigenvalue weighted by atomic mass is 9.81. The highest BCUT2D eigenvalue weighted by Crippen LogP contribution is 2.40. The van der Waals surface area contributed by atoms with Crippen LogP contribution in [0.3, 0.4) is 0 Å². The molecule has 2 rings (SSSR count). The number of hydrogen-bond donors (Lipinski definition) is 0. The summed E-state index contributed by atoms with van der Waals surface area (Å²) in [5.74, 6) is 1.71. The lowest BCUT2D eigenvalue weighted by molar-refractivity contribution is 0.352. The zero-order chi connectivity index (χ0) is 11.9. The first kappa shape index (κ1) is 11.5. The van der Waals surface area contributed by atoms with Gasteiger partial charge in [-0.2, -0.15) is 0 Å². The molecule has 0 N–H and O–H groups in total. The highest BCUT2D eigenvalue weighted by molar-refractivity contribution is 5.52. The normalized spacial score (nSPS) is 15.1. The second kappa shape index (κ2) is 3.80. The molecule has 1 aliphatic rings. The molecule has 0 radical (unpaired) electrons. The first-order chi connectivity index (χ1) is 7.41. The van der Waals surface area contributed by atoms with E-state index in [0.717, 1.165) is 13.0 Å². The van der Waals surface area contributed by atoms with Crippen LogP contribution in [-0.4, -0.2) is 6.61 Å². The van der Waals surface area contributed by atoms with Gasteiger partial charge in [0.25, 0.3) is 0 Å². The summed E-state index contributed by atoms with van der Waals surface area (Å²) in [7, 11) is 0. The Kier molecular flexibility index (Phi) is 2.73. The fraction of sp³-hybridized carbons (Fsp3) is 0.600. The zero-order valence-electron chi connectivity index (χ0n) is 11.1. The molecule has 1 aromatic rings. The molecule has 1 heteroatoms. The van der Waals surface area contributed by atoms with Crippen LogP contribution in [0.5, 0.6) is 5.75 Å². The molecule has 0 unspecified atom stereocenters. The van der Waals surface area contributed by atoms with E-state index in [1.807, 2.05) is 0 Å². The molecule has 0 saturated carbocycles. The van der Waals surface area contributed by atoms with Crippen molar-refractivity contribution in [2.75, 3.05) is 6.61 Å². The number of fused-ring (bicyclic) bond motifs is 1. The third-order valence-corrected chi connectivity index (χ3v) is 3.32. The Morgan fingerprint density at radius 1 is 1.19 bits per heavy atom. The van der Waals surface area contributed by atoms with Gasteiger partial charge in [-0.1, -0.05) is 46.8 Å². The summed E-state index contributed by atoms with van der Waals surface area (Å²) in [6.07, 6.45) is 1.07. The second-order valence-electron chi connectivity index (χ2n) is 6.01. The SMILES string of the molecule is CC(C)c1ccc(C(C)(C)C)c2c1OCC2. The predicted molar refractivity (Wildman–Crippen MR) is 68.4 cm³/mol. The van der Waals surface area contributed by atoms with Crippen LogP contribution < -0.4 is 4.74 Å². The summed E-state index contributed by atoms with van der Waals surface area (Å²) in [4.78, 5) is 0. The lowest BCUT2D eigenvalue weighted by Crippen LogP contribution is -2.14. The van der Waals surface area contributed by atoms with Crippen LogP contribution in [0.2, 0.25) is 0 Å². The van der Waals surface area contributed by atoms with Crippen LogP contribution in [-0.2, 0) is 11.8 Å². The molecule has 0 fully saturated rings. The molecule has 0 atom stereocenters. The van der Waals surface area contributed by atoms with Crippen molar-refractivity contribution in [3.8, 4) is 5.75 Å². The molecule has 0 bridgehead atoms. The standard InChI is InChI=1S/C15H22O/c1-10(2)11-6-7-13(15(3,4)5)12-8-9-16-14(11)12/h6-7,10H,8-9H2,1-5H3. The van der Waals surface area contributed by atoms with Gasteiger partial charge in [0.2, 0.25) is 0 Å². The number of rotatable bonds is 1. The molecule has 16 heavy (non-hydrogen) atoms. The first-order valence-electron chi connectivity index (χ1n) is 6.20. The third-order valence-electron chi connectivity index (χ3n) is 3.32. The van der Waals surface area contributed by atoms with E-state index in [0.29, 0.717) is 5.92 Å². The van der Waals surface area contributed by atoms with E-state index in [9.17, 15) is 0 Å². The zero-order valence-corrected chi connectivity index (χ0v) is 11.1. The largest absolute Gasteiger partial charge is 0.493 e. The lowest BCUT2D eigenvalue weighted by Gasteiger charge is -2.23. The van der Waals surface area contributed by atoms with Crippen molar-refractivity contribution >= 4 is 0 Å². The highest BCUT2D eigenvalue weighted by atomic mass is 16.5. The van der Waals surface area contributed by atoms with Crippen molar-refractivity contribution in [3.05, 3.63) is 28.8 Å². The van der Waals surface area contributed by atoms with Crippen LogP contribution in [0, 0.1) is 0 Å². The van der Waals surface area contributed by atoms with Gasteiger partial charge in [0.1, 0.15) is 5.75 Å². The van der Waals surface area contributed by atoms with E-state index in [4.69, 9.17) is 4.74 Å². The van der Waals surface area contributed by atoms with E-state index in [2.05, 4.69) is 46.8 Å². The maximum Gasteiger partial charge on any atom is 0.126 e. The van der Waals surface area contributed by atoms with Gasteiger partial charge < -0.3 is 4.74 Å². The van der Waals surface area contributed by atoms with Crippen molar-refractivity contribution in [3.63, 3.8) is 0 Å². The Morgan fingerprint density at radius 2 is 1.88 bits per heavy atom. The van der Waals surface area contributed by atoms with E-state index in [-0.39, 0.29) is 5.41 Å². The highest BCUT2D eigenvalue weighted by Gasteiger charge is 2.26. The maximum absolute atomic E-state index is 5.83. The summed E-state index contributed by atoms with van der Waals surface area (Å²) in [6, 6.07) is 4.54. The summed E-state index contributed by atoms with van der Waals surface area (Å²) in [6.45, 7) is 12.1. The predicted octanol–water partition coefficient (Wildman–Crippen LogP) is 4.04. The third kappa shape index (κ3) is 1.83. The van der Waals surface area contributed by atoms with Gasteiger partial charge in [-0.05, 0) is 22.5 Å². The van der Waals surface area contributed by atoms with Gasteiger partial charge in [-0.25, -0.2) is 0 Å². The minimum absolute atomic E-state index is 0.216. The number of hydrogen-bond acceptors (Lipinski definition) is 1. The van der Waals surface area contributed by atoms with Crippen molar-refractivity contribution < 1.29 is 4.74 Å². The van der Waals surface area contributed by atoms with Crippen molar-refractivity contribution in [2.24, 2.45) is 0 Å². The second-order valence-corrected chi connectivity index (χ2v) is 6.01. The molecular weight excluding hydrogens is 196 g/mol. The Balaban J connectivity index is 2.58. The molecular formula is C15H22O. The fourth-order valence-electron chi connectivity index (χ4n) is 2.48. The minimum atomic E-state index is 0.216. The summed E-state index contributed by atoms with van der Waals surface area (Å²) in [5.41, 5.74) is 4.47. The van der Waals surface area contributed by atoms with Crippen molar-refractivity contribution in [1.29, 1.82) is 0 Å². The van der Waals surface area contributed by atoms with Crippen LogP contribution in [0.15, 0.2) is 12.1 Å². The van der Waals surface area contributed by atoms with Crippen molar-refractivity contribution in [1.82, 2.24) is 0 Å². The molecule has 1 heterocycles. The van der Waals surface area contributed by atoms with Gasteiger partial charge in [0, 0.05) is 12.0 Å². The Bertz CT molecular complexity index is 397. The van der Waals surface area contributed by atoms with Gasteiger partial charge in [-0.15, -0.1) is 0 Å². The average Bonchev–Trinajstić information content (AvgIpc) is 2.61. The van der Waals surface area contributed by atoms with Crippen LogP contribution in [0.4, 0.5) is 0 Å². The van der Waals surface area contributed by atoms with E-state index >= 15 is 0 Å². The molecule has 0 aromatic heterocycles. The Labute approximate surface area is 98.8 Å². The molecule has 1 nitrogen and oxygen atoms in total. The van der Waals surface area contributed by atoms with Gasteiger partial charge in [0.15, 0.2) is 0 Å². The Hall–Kier alpha value is -0.980. The number of benzene rings is 1. The molecule has 88 valence electrons. The molecule has 0 aliphatic carbocycles. The quantitative estimate of drug-likeness (QED) is 0.691. The summed E-state index contributed by atoms with van der Waals surface area (Å²) >= 11 is 0. The monoisotopic (exact) mass is 218 g/mol. The van der Waals surface area contributed by atoms with Gasteiger partial charge in [0.05, 0.1) is 6.61 Å². The number of ether oxygens (including phenoxy) is 1. The molecule has 0 amide bonds. The van der Waals surface area contributed by atoms with E-state index in [1.54, 1.807) is 0 Å². The van der Waals surface area contributed by atoms with E-state index in [1.165, 1.54) is 22.4 Å². The van der Waals surface area contributed by atoms with Crippen molar-refractivity contribution in [2.45, 2.75) is 52.4 Å². The molecule has 0 saturated heterocycles. The van der Waals surface area contributed by atoms with E-state index < -0.39 is 0 Å². The molecule has 1 aliphatic heterocycles. The maximum atomic E-state index is 5.83. The minimum Gasteiger partial charge on any atom is -0.493 e. The van der Waals surface area contributed by atoms with Crippen LogP contribution >= 0.6 is 0 Å². The van der Waals surface area contributed by atoms with Gasteiger partial charge >= 0.3 is 0 Å². The summed E-state index contributed by atoms with van der Waals surface area (Å²) < 4.78 is 5.83.